The van der Waals surface area contributed by atoms with E-state index in [1.807, 2.05) is 0 Å². The van der Waals surface area contributed by atoms with Gasteiger partial charge in [-0.1, -0.05) is 19.6 Å². The van der Waals surface area contributed by atoms with Gasteiger partial charge in [0, 0.05) is 19.6 Å². The van der Waals surface area contributed by atoms with E-state index < -0.39 is 16.9 Å². The Labute approximate surface area is 117 Å². The van der Waals surface area contributed by atoms with Crippen LogP contribution in [0.1, 0.15) is 0 Å². The van der Waals surface area contributed by atoms with Crippen molar-refractivity contribution in [3.8, 4) is 22.9 Å². The van der Waals surface area contributed by atoms with E-state index >= 15 is 0 Å². The molecule has 6 heteroatoms. The van der Waals surface area contributed by atoms with Gasteiger partial charge in [0.25, 0.3) is 0 Å². The summed E-state index contributed by atoms with van der Waals surface area (Å²) >= 11 is 0. The Kier molecular flexibility index (Phi) is 4.85. The first kappa shape index (κ1) is 14.8. The molecule has 3 aliphatic heterocycles. The first-order valence-corrected chi connectivity index (χ1v) is 11.9. The molecule has 2 bridgehead atoms. The van der Waals surface area contributed by atoms with Crippen LogP contribution < -0.4 is 0 Å². The van der Waals surface area contributed by atoms with Crippen molar-refractivity contribution in [3.63, 3.8) is 0 Å². The highest BCUT2D eigenvalue weighted by molar-refractivity contribution is 6.83. The largest absolute Gasteiger partial charge is 0.592 e. The van der Waals surface area contributed by atoms with E-state index in [4.69, 9.17) is 13.3 Å². The Morgan fingerprint density at radius 3 is 1.89 bits per heavy atom. The van der Waals surface area contributed by atoms with Crippen molar-refractivity contribution in [2.24, 2.45) is 0 Å². The van der Waals surface area contributed by atoms with E-state index in [9.17, 15) is 0 Å². The molecule has 3 fully saturated rings. The molecule has 104 valence electrons. The third kappa shape index (κ3) is 4.77. The van der Waals surface area contributed by atoms with Crippen molar-refractivity contribution in [1.82, 2.24) is 4.90 Å². The van der Waals surface area contributed by atoms with E-state index in [1.165, 1.54) is 0 Å². The molecule has 3 heterocycles. The average molecular weight is 295 g/mol. The third-order valence-corrected chi connectivity index (χ3v) is 5.87. The van der Waals surface area contributed by atoms with Crippen LogP contribution in [-0.2, 0) is 13.3 Å². The number of rotatable bonds is 0. The third-order valence-electron chi connectivity index (χ3n) is 2.81. The van der Waals surface area contributed by atoms with Gasteiger partial charge in [0.2, 0.25) is 0 Å². The molecule has 0 spiro atoms. The lowest BCUT2D eigenvalue weighted by molar-refractivity contribution is 0.00215. The molecule has 0 aromatic carbocycles. The fourth-order valence-corrected chi connectivity index (χ4v) is 4.02. The highest BCUT2D eigenvalue weighted by Gasteiger charge is 2.43. The van der Waals surface area contributed by atoms with Gasteiger partial charge >= 0.3 is 8.80 Å². The van der Waals surface area contributed by atoms with Crippen molar-refractivity contribution in [2.75, 3.05) is 39.5 Å². The summed E-state index contributed by atoms with van der Waals surface area (Å²) in [7, 11) is -4.17. The minimum atomic E-state index is -2.80. The van der Waals surface area contributed by atoms with Gasteiger partial charge in [-0.15, -0.1) is 5.54 Å². The molecule has 0 aromatic rings. The molecule has 0 aliphatic carbocycles. The maximum absolute atomic E-state index is 5.80. The Morgan fingerprint density at radius 2 is 1.42 bits per heavy atom. The SMILES string of the molecule is C[Si](C)(C)C#CC#C[Si]12OCCN(CCO1)CCO2. The summed E-state index contributed by atoms with van der Waals surface area (Å²) in [4.78, 5) is 2.29. The molecule has 0 amide bonds. The Balaban J connectivity index is 2.10. The molecule has 0 atom stereocenters. The highest BCUT2D eigenvalue weighted by atomic mass is 28.4. The molecule has 0 radical (unpaired) electrons. The van der Waals surface area contributed by atoms with Gasteiger partial charge in [-0.25, -0.2) is 0 Å². The Morgan fingerprint density at radius 1 is 0.895 bits per heavy atom. The van der Waals surface area contributed by atoms with Crippen LogP contribution in [0, 0.1) is 22.9 Å². The van der Waals surface area contributed by atoms with Gasteiger partial charge < -0.3 is 13.3 Å². The van der Waals surface area contributed by atoms with Crippen molar-refractivity contribution >= 4 is 16.9 Å². The normalized spacial score (nSPS) is 31.0. The monoisotopic (exact) mass is 295 g/mol. The number of fused-ring (bicyclic) bond motifs is 6. The van der Waals surface area contributed by atoms with Crippen LogP contribution in [0.5, 0.6) is 0 Å². The fourth-order valence-electron chi connectivity index (χ4n) is 1.82. The van der Waals surface area contributed by atoms with Gasteiger partial charge in [-0.3, -0.25) is 4.90 Å². The molecule has 0 aromatic heterocycles. The summed E-state index contributed by atoms with van der Waals surface area (Å²) in [5.74, 6) is 5.84. The predicted octanol–water partition coefficient (Wildman–Crippen LogP) is 0.728. The maximum atomic E-state index is 5.80. The van der Waals surface area contributed by atoms with Crippen LogP contribution in [0.4, 0.5) is 0 Å². The lowest BCUT2D eigenvalue weighted by Gasteiger charge is -2.35. The highest BCUT2D eigenvalue weighted by Crippen LogP contribution is 2.14. The first-order chi connectivity index (χ1) is 8.99. The molecular weight excluding hydrogens is 274 g/mol. The molecule has 0 saturated carbocycles. The van der Waals surface area contributed by atoms with Crippen LogP contribution in [0.2, 0.25) is 19.6 Å². The van der Waals surface area contributed by atoms with Crippen LogP contribution >= 0.6 is 0 Å². The van der Waals surface area contributed by atoms with Gasteiger partial charge in [0.1, 0.15) is 8.07 Å². The Hall–Kier alpha value is -0.606. The molecule has 0 N–H and O–H groups in total. The van der Waals surface area contributed by atoms with Gasteiger partial charge in [0.05, 0.1) is 19.8 Å². The van der Waals surface area contributed by atoms with Crippen LogP contribution in [0.15, 0.2) is 0 Å². The average Bonchev–Trinajstić information content (AvgIpc) is 2.23. The zero-order valence-electron chi connectivity index (χ0n) is 11.9. The second kappa shape index (κ2) is 6.23. The lowest BCUT2D eigenvalue weighted by atomic mass is 10.4. The molecule has 3 rings (SSSR count). The summed E-state index contributed by atoms with van der Waals surface area (Å²) in [5, 5.41) is 0. The minimum Gasteiger partial charge on any atom is -0.363 e. The van der Waals surface area contributed by atoms with E-state index in [2.05, 4.69) is 47.5 Å². The number of hydrogen-bond donors (Lipinski definition) is 0. The zero-order chi connectivity index (χ0) is 13.8. The quantitative estimate of drug-likeness (QED) is 0.487. The lowest BCUT2D eigenvalue weighted by Crippen LogP contribution is -2.54. The van der Waals surface area contributed by atoms with Gasteiger partial charge in [-0.2, -0.15) is 0 Å². The maximum Gasteiger partial charge on any atom is 0.592 e. The van der Waals surface area contributed by atoms with E-state index in [-0.39, 0.29) is 0 Å². The fraction of sp³-hybridized carbons (Fsp3) is 0.692. The first-order valence-electron chi connectivity index (χ1n) is 6.68. The van der Waals surface area contributed by atoms with E-state index in [1.54, 1.807) is 0 Å². The number of hydrogen-bond acceptors (Lipinski definition) is 4. The molecule has 19 heavy (non-hydrogen) atoms. The van der Waals surface area contributed by atoms with Crippen molar-refractivity contribution in [3.05, 3.63) is 0 Å². The molecular formula is C13H21NO3Si2. The molecule has 3 aliphatic rings. The smallest absolute Gasteiger partial charge is 0.363 e. The topological polar surface area (TPSA) is 30.9 Å². The standard InChI is InChI=1S/C13H21NO3Si2/c1-18(2,3)12-4-5-13-19-15-9-6-14(7-10-16-19)8-11-17-19/h6-11H2,1-3H3. The summed E-state index contributed by atoms with van der Waals surface area (Å²) in [6.07, 6.45) is 0. The summed E-state index contributed by atoms with van der Waals surface area (Å²) in [5.41, 5.74) is 6.27. The number of nitrogens with zero attached hydrogens (tertiary/aromatic N) is 1. The second-order valence-electron chi connectivity index (χ2n) is 5.69. The van der Waals surface area contributed by atoms with Crippen molar-refractivity contribution in [2.45, 2.75) is 19.6 Å². The summed E-state index contributed by atoms with van der Waals surface area (Å²) < 4.78 is 17.4. The zero-order valence-corrected chi connectivity index (χ0v) is 13.9. The van der Waals surface area contributed by atoms with Gasteiger partial charge in [0.15, 0.2) is 0 Å². The summed E-state index contributed by atoms with van der Waals surface area (Å²) in [6.45, 7) is 11.3. The van der Waals surface area contributed by atoms with E-state index in [0.29, 0.717) is 19.8 Å². The minimum absolute atomic E-state index is 0.627. The van der Waals surface area contributed by atoms with E-state index in [0.717, 1.165) is 19.6 Å². The second-order valence-corrected chi connectivity index (χ2v) is 12.7. The van der Waals surface area contributed by atoms with Crippen molar-refractivity contribution in [1.29, 1.82) is 0 Å². The van der Waals surface area contributed by atoms with Gasteiger partial charge in [-0.05, 0) is 17.4 Å². The summed E-state index contributed by atoms with van der Waals surface area (Å²) in [6, 6.07) is 0. The van der Waals surface area contributed by atoms with Crippen molar-refractivity contribution < 1.29 is 13.3 Å². The Bertz CT molecular complexity index is 412. The van der Waals surface area contributed by atoms with Crippen LogP contribution in [0.25, 0.3) is 0 Å². The predicted molar refractivity (Wildman–Crippen MR) is 78.9 cm³/mol. The van der Waals surface area contributed by atoms with Crippen LogP contribution in [-0.4, -0.2) is 61.2 Å². The molecule has 3 saturated heterocycles. The molecule has 4 nitrogen and oxygen atoms in total. The molecule has 0 unspecified atom stereocenters. The van der Waals surface area contributed by atoms with Crippen LogP contribution in [0.3, 0.4) is 0 Å².